The zero-order valence-corrected chi connectivity index (χ0v) is 9.60. The summed E-state index contributed by atoms with van der Waals surface area (Å²) in [6.07, 6.45) is 0.209. The Balaban J connectivity index is 2.31. The zero-order chi connectivity index (χ0) is 11.1. The number of alkyl halides is 1. The number of rotatable bonds is 5. The second-order valence-electron chi connectivity index (χ2n) is 3.30. The molecule has 82 valence electrons. The maximum atomic E-state index is 12.9. The van der Waals surface area contributed by atoms with Gasteiger partial charge in [-0.2, -0.15) is 0 Å². The molecule has 1 unspecified atom stereocenters. The molecular formula is C12H15FOS. The molecule has 0 saturated carbocycles. The molecule has 0 aliphatic heterocycles. The summed E-state index contributed by atoms with van der Waals surface area (Å²) in [5, 5.41) is 0.0268. The van der Waals surface area contributed by atoms with Crippen LogP contribution in [0.25, 0.3) is 0 Å². The Morgan fingerprint density at radius 2 is 2.07 bits per heavy atom. The number of halogens is 1. The van der Waals surface area contributed by atoms with E-state index in [9.17, 15) is 9.18 Å². The van der Waals surface area contributed by atoms with Crippen LogP contribution in [0.5, 0.6) is 0 Å². The fourth-order valence-electron chi connectivity index (χ4n) is 1.14. The first-order valence-electron chi connectivity index (χ1n) is 5.10. The normalized spacial score (nSPS) is 12.4. The van der Waals surface area contributed by atoms with E-state index in [1.54, 1.807) is 12.1 Å². The average molecular weight is 226 g/mol. The summed E-state index contributed by atoms with van der Waals surface area (Å²) >= 11 is 1.19. The predicted molar refractivity (Wildman–Crippen MR) is 63.0 cm³/mol. The summed E-state index contributed by atoms with van der Waals surface area (Å²) in [6, 6.07) is 9.09. The quantitative estimate of drug-likeness (QED) is 0.761. The van der Waals surface area contributed by atoms with E-state index < -0.39 is 6.17 Å². The van der Waals surface area contributed by atoms with Crippen LogP contribution in [-0.2, 0) is 0 Å². The summed E-state index contributed by atoms with van der Waals surface area (Å²) in [5.41, 5.74) is 0.689. The van der Waals surface area contributed by atoms with Gasteiger partial charge in [-0.1, -0.05) is 49.0 Å². The van der Waals surface area contributed by atoms with Crippen LogP contribution in [0.3, 0.4) is 0 Å². The highest BCUT2D eigenvalue weighted by atomic mass is 32.2. The second-order valence-corrected chi connectivity index (χ2v) is 4.36. The Morgan fingerprint density at radius 1 is 1.40 bits per heavy atom. The van der Waals surface area contributed by atoms with E-state index in [-0.39, 0.29) is 5.12 Å². The lowest BCUT2D eigenvalue weighted by atomic mass is 10.2. The largest absolute Gasteiger partial charge is 0.282 e. The van der Waals surface area contributed by atoms with Crippen LogP contribution >= 0.6 is 11.8 Å². The molecule has 0 radical (unpaired) electrons. The van der Waals surface area contributed by atoms with Crippen molar-refractivity contribution in [3.05, 3.63) is 35.9 Å². The van der Waals surface area contributed by atoms with Crippen molar-refractivity contribution in [2.45, 2.75) is 25.9 Å². The van der Waals surface area contributed by atoms with Gasteiger partial charge >= 0.3 is 0 Å². The van der Waals surface area contributed by atoms with Crippen molar-refractivity contribution < 1.29 is 9.18 Å². The number of benzene rings is 1. The first-order valence-corrected chi connectivity index (χ1v) is 6.09. The van der Waals surface area contributed by atoms with Crippen molar-refractivity contribution in [3.63, 3.8) is 0 Å². The molecule has 1 aromatic carbocycles. The summed E-state index contributed by atoms with van der Waals surface area (Å²) < 4.78 is 12.9. The highest BCUT2D eigenvalue weighted by Gasteiger charge is 2.08. The van der Waals surface area contributed by atoms with Gasteiger partial charge in [-0.05, 0) is 12.8 Å². The first kappa shape index (κ1) is 12.2. The maximum absolute atomic E-state index is 12.9. The molecule has 3 heteroatoms. The SMILES string of the molecule is CCC(F)CCSC(=O)c1ccccc1. The lowest BCUT2D eigenvalue weighted by Crippen LogP contribution is -2.01. The van der Waals surface area contributed by atoms with Crippen molar-refractivity contribution in [3.8, 4) is 0 Å². The van der Waals surface area contributed by atoms with Crippen LogP contribution in [0, 0.1) is 0 Å². The van der Waals surface area contributed by atoms with Crippen molar-refractivity contribution in [1.29, 1.82) is 0 Å². The van der Waals surface area contributed by atoms with Crippen molar-refractivity contribution >= 4 is 16.9 Å². The van der Waals surface area contributed by atoms with Gasteiger partial charge < -0.3 is 0 Å². The number of carbonyl (C=O) groups is 1. The Labute approximate surface area is 94.1 Å². The van der Waals surface area contributed by atoms with Gasteiger partial charge in [0.1, 0.15) is 6.17 Å². The molecule has 1 aromatic rings. The van der Waals surface area contributed by atoms with Gasteiger partial charge in [0.25, 0.3) is 0 Å². The minimum absolute atomic E-state index is 0.0268. The highest BCUT2D eigenvalue weighted by Crippen LogP contribution is 2.15. The van der Waals surface area contributed by atoms with Crippen LogP contribution in [-0.4, -0.2) is 17.0 Å². The standard InChI is InChI=1S/C12H15FOS/c1-2-11(13)8-9-15-12(14)10-6-4-3-5-7-10/h3-7,11H,2,8-9H2,1H3. The van der Waals surface area contributed by atoms with Crippen LogP contribution in [0.15, 0.2) is 30.3 Å². The van der Waals surface area contributed by atoms with Gasteiger partial charge in [0.15, 0.2) is 0 Å². The van der Waals surface area contributed by atoms with Gasteiger partial charge in [-0.25, -0.2) is 4.39 Å². The molecule has 0 aliphatic rings. The molecule has 0 bridgehead atoms. The van der Waals surface area contributed by atoms with E-state index in [1.807, 2.05) is 25.1 Å². The smallest absolute Gasteiger partial charge is 0.219 e. The van der Waals surface area contributed by atoms with Crippen LogP contribution in [0.4, 0.5) is 4.39 Å². The van der Waals surface area contributed by atoms with E-state index >= 15 is 0 Å². The predicted octanol–water partition coefficient (Wildman–Crippen LogP) is 3.70. The molecule has 15 heavy (non-hydrogen) atoms. The molecule has 1 rings (SSSR count). The topological polar surface area (TPSA) is 17.1 Å². The Kier molecular flexibility index (Phi) is 5.40. The van der Waals surface area contributed by atoms with Gasteiger partial charge in [0.2, 0.25) is 5.12 Å². The number of hydrogen-bond acceptors (Lipinski definition) is 2. The lowest BCUT2D eigenvalue weighted by Gasteiger charge is -2.03. The molecule has 1 atom stereocenters. The molecule has 0 amide bonds. The van der Waals surface area contributed by atoms with E-state index in [1.165, 1.54) is 11.8 Å². The Hall–Kier alpha value is -0.830. The molecule has 1 nitrogen and oxygen atoms in total. The van der Waals surface area contributed by atoms with E-state index in [4.69, 9.17) is 0 Å². The third kappa shape index (κ3) is 4.47. The minimum Gasteiger partial charge on any atom is -0.282 e. The zero-order valence-electron chi connectivity index (χ0n) is 8.78. The third-order valence-electron chi connectivity index (χ3n) is 2.12. The van der Waals surface area contributed by atoms with Crippen LogP contribution in [0.2, 0.25) is 0 Å². The van der Waals surface area contributed by atoms with Crippen molar-refractivity contribution in [1.82, 2.24) is 0 Å². The van der Waals surface area contributed by atoms with Gasteiger partial charge in [0, 0.05) is 11.3 Å². The van der Waals surface area contributed by atoms with Gasteiger partial charge in [0.05, 0.1) is 0 Å². The fraction of sp³-hybridized carbons (Fsp3) is 0.417. The lowest BCUT2D eigenvalue weighted by molar-refractivity contribution is 0.108. The van der Waals surface area contributed by atoms with E-state index in [0.29, 0.717) is 24.2 Å². The second kappa shape index (κ2) is 6.62. The molecule has 0 N–H and O–H groups in total. The first-order chi connectivity index (χ1) is 7.24. The average Bonchev–Trinajstić information content (AvgIpc) is 2.29. The summed E-state index contributed by atoms with van der Waals surface area (Å²) in [7, 11) is 0. The number of carbonyl (C=O) groups excluding carboxylic acids is 1. The molecule has 0 fully saturated rings. The number of hydrogen-bond donors (Lipinski definition) is 0. The molecular weight excluding hydrogens is 211 g/mol. The van der Waals surface area contributed by atoms with Gasteiger partial charge in [-0.15, -0.1) is 0 Å². The van der Waals surface area contributed by atoms with Crippen molar-refractivity contribution in [2.24, 2.45) is 0 Å². The van der Waals surface area contributed by atoms with E-state index in [2.05, 4.69) is 0 Å². The highest BCUT2D eigenvalue weighted by molar-refractivity contribution is 8.14. The van der Waals surface area contributed by atoms with Crippen molar-refractivity contribution in [2.75, 3.05) is 5.75 Å². The van der Waals surface area contributed by atoms with Crippen LogP contribution in [0.1, 0.15) is 30.1 Å². The van der Waals surface area contributed by atoms with E-state index in [0.717, 1.165) is 0 Å². The molecule has 0 aliphatic carbocycles. The fourth-order valence-corrected chi connectivity index (χ4v) is 2.00. The molecule has 0 spiro atoms. The Bertz CT molecular complexity index is 300. The minimum atomic E-state index is -0.777. The summed E-state index contributed by atoms with van der Waals surface area (Å²) in [4.78, 5) is 11.6. The third-order valence-corrected chi connectivity index (χ3v) is 3.05. The number of thioether (sulfide) groups is 1. The molecule has 0 heterocycles. The summed E-state index contributed by atoms with van der Waals surface area (Å²) in [5.74, 6) is 0.558. The maximum Gasteiger partial charge on any atom is 0.219 e. The van der Waals surface area contributed by atoms with Crippen LogP contribution < -0.4 is 0 Å². The summed E-state index contributed by atoms with van der Waals surface area (Å²) in [6.45, 7) is 1.81. The molecule has 0 saturated heterocycles. The Morgan fingerprint density at radius 3 is 2.67 bits per heavy atom. The monoisotopic (exact) mass is 226 g/mol. The molecule has 0 aromatic heterocycles. The van der Waals surface area contributed by atoms with Gasteiger partial charge in [-0.3, -0.25) is 4.79 Å².